The van der Waals surface area contributed by atoms with Gasteiger partial charge in [-0.1, -0.05) is 0 Å². The first-order chi connectivity index (χ1) is 10.1. The summed E-state index contributed by atoms with van der Waals surface area (Å²) in [6.45, 7) is 1.20. The number of aromatic nitrogens is 2. The van der Waals surface area contributed by atoms with Crippen molar-refractivity contribution in [2.75, 3.05) is 13.1 Å². The van der Waals surface area contributed by atoms with Crippen LogP contribution in [-0.2, 0) is 12.8 Å². The Morgan fingerprint density at radius 3 is 2.81 bits per heavy atom. The molecule has 2 amide bonds. The lowest BCUT2D eigenvalue weighted by molar-refractivity contribution is 0.0762. The monoisotopic (exact) mass is 302 g/mol. The molecule has 0 aromatic carbocycles. The summed E-state index contributed by atoms with van der Waals surface area (Å²) in [4.78, 5) is 34.6. The molecule has 6 nitrogen and oxygen atoms in total. The fourth-order valence-electron chi connectivity index (χ4n) is 2.34. The second kappa shape index (κ2) is 5.61. The van der Waals surface area contributed by atoms with Gasteiger partial charge in [0.25, 0.3) is 11.8 Å². The largest absolute Gasteiger partial charge is 0.364 e. The number of hydrogen-bond donors (Lipinski definition) is 1. The average Bonchev–Trinajstić information content (AvgIpc) is 2.82. The molecule has 108 valence electrons. The molecule has 1 aliphatic rings. The molecule has 2 N–H and O–H groups in total. The number of nitrogens with zero attached hydrogens (tertiary/aromatic N) is 3. The fraction of sp³-hybridized carbons (Fsp3) is 0.286. The van der Waals surface area contributed by atoms with Crippen LogP contribution in [0.3, 0.4) is 0 Å². The summed E-state index contributed by atoms with van der Waals surface area (Å²) in [5, 5.41) is 0.354. The van der Waals surface area contributed by atoms with Crippen LogP contribution in [0.25, 0.3) is 0 Å². The molecular formula is C14H14N4O2S. The number of carbonyl (C=O) groups excluding carboxylic acids is 2. The van der Waals surface area contributed by atoms with E-state index in [-0.39, 0.29) is 5.91 Å². The van der Waals surface area contributed by atoms with Gasteiger partial charge in [0.1, 0.15) is 0 Å². The Bertz CT molecular complexity index is 658. The molecule has 0 saturated carbocycles. The van der Waals surface area contributed by atoms with Crippen molar-refractivity contribution in [1.82, 2.24) is 14.9 Å². The standard InChI is InChI=1S/C14H14N4O2S/c15-12(19)13-17-10-3-6-18(7-4-11(10)21-13)14(20)9-2-1-5-16-8-9/h1-2,5,8H,3-4,6-7H2,(H2,15,19). The van der Waals surface area contributed by atoms with E-state index in [2.05, 4.69) is 9.97 Å². The Balaban J connectivity index is 1.75. The molecule has 0 bridgehead atoms. The molecule has 0 unspecified atom stereocenters. The van der Waals surface area contributed by atoms with Gasteiger partial charge in [-0.2, -0.15) is 0 Å². The van der Waals surface area contributed by atoms with Gasteiger partial charge in [0, 0.05) is 43.2 Å². The van der Waals surface area contributed by atoms with Crippen molar-refractivity contribution in [3.05, 3.63) is 45.7 Å². The van der Waals surface area contributed by atoms with Gasteiger partial charge in [-0.3, -0.25) is 14.6 Å². The second-order valence-corrected chi connectivity index (χ2v) is 5.87. The van der Waals surface area contributed by atoms with Gasteiger partial charge in [-0.25, -0.2) is 4.98 Å². The molecule has 0 fully saturated rings. The van der Waals surface area contributed by atoms with Crippen molar-refractivity contribution in [2.24, 2.45) is 5.73 Å². The van der Waals surface area contributed by atoms with E-state index in [1.807, 2.05) is 0 Å². The predicted molar refractivity (Wildman–Crippen MR) is 78.2 cm³/mol. The molecule has 0 atom stereocenters. The molecule has 0 aliphatic carbocycles. The number of fused-ring (bicyclic) bond motifs is 1. The van der Waals surface area contributed by atoms with Crippen LogP contribution in [-0.4, -0.2) is 39.8 Å². The van der Waals surface area contributed by atoms with Crippen LogP contribution in [0.2, 0.25) is 0 Å². The third-order valence-corrected chi connectivity index (χ3v) is 4.58. The molecule has 7 heteroatoms. The minimum atomic E-state index is -0.489. The number of carbonyl (C=O) groups is 2. The van der Waals surface area contributed by atoms with E-state index >= 15 is 0 Å². The Morgan fingerprint density at radius 2 is 2.10 bits per heavy atom. The predicted octanol–water partition coefficient (Wildman–Crippen LogP) is 0.878. The van der Waals surface area contributed by atoms with Crippen LogP contribution >= 0.6 is 11.3 Å². The molecule has 0 radical (unpaired) electrons. The Kier molecular flexibility index (Phi) is 3.66. The molecular weight excluding hydrogens is 288 g/mol. The van der Waals surface area contributed by atoms with Crippen LogP contribution in [0.4, 0.5) is 0 Å². The van der Waals surface area contributed by atoms with E-state index in [1.165, 1.54) is 11.3 Å². The minimum absolute atomic E-state index is 0.0200. The summed E-state index contributed by atoms with van der Waals surface area (Å²) in [5.74, 6) is -0.509. The number of nitrogens with two attached hydrogens (primary N) is 1. The SMILES string of the molecule is NC(=O)c1nc2c(s1)CCN(C(=O)c1cccnc1)CC2. The summed E-state index contributed by atoms with van der Waals surface area (Å²) in [6.07, 6.45) is 4.57. The smallest absolute Gasteiger partial charge is 0.277 e. The number of hydrogen-bond acceptors (Lipinski definition) is 5. The maximum Gasteiger partial charge on any atom is 0.277 e. The highest BCUT2D eigenvalue weighted by Gasteiger charge is 2.23. The second-order valence-electron chi connectivity index (χ2n) is 4.79. The van der Waals surface area contributed by atoms with Gasteiger partial charge in [-0.05, 0) is 12.1 Å². The zero-order valence-electron chi connectivity index (χ0n) is 11.3. The lowest BCUT2D eigenvalue weighted by atomic mass is 10.2. The summed E-state index contributed by atoms with van der Waals surface area (Å²) < 4.78 is 0. The zero-order chi connectivity index (χ0) is 14.8. The van der Waals surface area contributed by atoms with E-state index in [9.17, 15) is 9.59 Å². The number of rotatable bonds is 2. The van der Waals surface area contributed by atoms with E-state index in [0.717, 1.165) is 10.6 Å². The summed E-state index contributed by atoms with van der Waals surface area (Å²) in [5.41, 5.74) is 6.73. The Morgan fingerprint density at radius 1 is 1.29 bits per heavy atom. The highest BCUT2D eigenvalue weighted by molar-refractivity contribution is 7.13. The quantitative estimate of drug-likeness (QED) is 0.891. The number of amides is 2. The maximum absolute atomic E-state index is 12.4. The van der Waals surface area contributed by atoms with Gasteiger partial charge < -0.3 is 10.6 Å². The molecule has 21 heavy (non-hydrogen) atoms. The lowest BCUT2D eigenvalue weighted by Gasteiger charge is -2.19. The highest BCUT2D eigenvalue weighted by atomic mass is 32.1. The van der Waals surface area contributed by atoms with Crippen LogP contribution in [0.5, 0.6) is 0 Å². The van der Waals surface area contributed by atoms with Crippen molar-refractivity contribution in [3.63, 3.8) is 0 Å². The zero-order valence-corrected chi connectivity index (χ0v) is 12.1. The van der Waals surface area contributed by atoms with Gasteiger partial charge in [0.2, 0.25) is 0 Å². The van der Waals surface area contributed by atoms with Crippen molar-refractivity contribution < 1.29 is 9.59 Å². The Hall–Kier alpha value is -2.28. The molecule has 2 aromatic heterocycles. The molecule has 3 rings (SSSR count). The number of thiazole rings is 1. The lowest BCUT2D eigenvalue weighted by Crippen LogP contribution is -2.33. The van der Waals surface area contributed by atoms with Crippen molar-refractivity contribution in [3.8, 4) is 0 Å². The van der Waals surface area contributed by atoms with Gasteiger partial charge in [-0.15, -0.1) is 11.3 Å². The van der Waals surface area contributed by atoms with Crippen LogP contribution in [0.15, 0.2) is 24.5 Å². The molecule has 1 aliphatic heterocycles. The topological polar surface area (TPSA) is 89.2 Å². The summed E-state index contributed by atoms with van der Waals surface area (Å²) in [7, 11) is 0. The molecule has 3 heterocycles. The Labute approximate surface area is 125 Å². The van der Waals surface area contributed by atoms with Crippen molar-refractivity contribution >= 4 is 23.2 Å². The van der Waals surface area contributed by atoms with Crippen molar-refractivity contribution in [1.29, 1.82) is 0 Å². The van der Waals surface area contributed by atoms with Crippen LogP contribution < -0.4 is 5.73 Å². The van der Waals surface area contributed by atoms with Crippen LogP contribution in [0, 0.1) is 0 Å². The van der Waals surface area contributed by atoms with Gasteiger partial charge in [0.15, 0.2) is 5.01 Å². The van der Waals surface area contributed by atoms with Gasteiger partial charge >= 0.3 is 0 Å². The number of pyridine rings is 1. The normalized spacial score (nSPS) is 14.4. The third-order valence-electron chi connectivity index (χ3n) is 3.41. The molecule has 2 aromatic rings. The fourth-order valence-corrected chi connectivity index (χ4v) is 3.29. The van der Waals surface area contributed by atoms with Crippen molar-refractivity contribution in [2.45, 2.75) is 12.8 Å². The van der Waals surface area contributed by atoms with E-state index < -0.39 is 5.91 Å². The average molecular weight is 302 g/mol. The summed E-state index contributed by atoms with van der Waals surface area (Å²) >= 11 is 1.33. The molecule has 0 saturated heterocycles. The first kappa shape index (κ1) is 13.7. The van der Waals surface area contributed by atoms with E-state index in [0.29, 0.717) is 36.5 Å². The van der Waals surface area contributed by atoms with Gasteiger partial charge in [0.05, 0.1) is 11.3 Å². The first-order valence-corrected chi connectivity index (χ1v) is 7.44. The first-order valence-electron chi connectivity index (χ1n) is 6.63. The maximum atomic E-state index is 12.4. The van der Waals surface area contributed by atoms with E-state index in [1.54, 1.807) is 29.4 Å². The highest BCUT2D eigenvalue weighted by Crippen LogP contribution is 2.23. The molecule has 0 spiro atoms. The number of primary amides is 1. The van der Waals surface area contributed by atoms with E-state index in [4.69, 9.17) is 5.73 Å². The third kappa shape index (κ3) is 2.78. The summed E-state index contributed by atoms with van der Waals surface area (Å²) in [6, 6.07) is 3.52. The van der Waals surface area contributed by atoms with Crippen LogP contribution in [0.1, 0.15) is 30.7 Å². The minimum Gasteiger partial charge on any atom is -0.364 e.